The van der Waals surface area contributed by atoms with Crippen molar-refractivity contribution >= 4 is 34.0 Å². The van der Waals surface area contributed by atoms with Crippen molar-refractivity contribution in [1.29, 1.82) is 0 Å². The van der Waals surface area contributed by atoms with Crippen molar-refractivity contribution in [2.45, 2.75) is 50.2 Å². The molecule has 0 aliphatic carbocycles. The van der Waals surface area contributed by atoms with Gasteiger partial charge >= 0.3 is 0 Å². The fourth-order valence-corrected chi connectivity index (χ4v) is 5.52. The van der Waals surface area contributed by atoms with Crippen LogP contribution in [0, 0.1) is 0 Å². The van der Waals surface area contributed by atoms with E-state index in [1.54, 1.807) is 12.1 Å². The molecule has 3 aliphatic heterocycles. The smallest absolute Gasteiger partial charge is 0.253 e. The van der Waals surface area contributed by atoms with E-state index < -0.39 is 10.0 Å². The van der Waals surface area contributed by atoms with E-state index in [0.29, 0.717) is 36.3 Å². The second kappa shape index (κ2) is 7.02. The van der Waals surface area contributed by atoms with Crippen molar-refractivity contribution in [3.05, 3.63) is 29.3 Å². The van der Waals surface area contributed by atoms with E-state index in [2.05, 4.69) is 5.32 Å². The molecule has 0 aromatic heterocycles. The van der Waals surface area contributed by atoms with Gasteiger partial charge in [0.25, 0.3) is 5.91 Å². The van der Waals surface area contributed by atoms with E-state index >= 15 is 0 Å². The van der Waals surface area contributed by atoms with Crippen molar-refractivity contribution in [1.82, 2.24) is 10.2 Å². The molecule has 2 fully saturated rings. The fourth-order valence-electron chi connectivity index (χ4n) is 4.56. The van der Waals surface area contributed by atoms with Crippen LogP contribution in [0.1, 0.15) is 41.6 Å². The average Bonchev–Trinajstić information content (AvgIpc) is 3.15. The van der Waals surface area contributed by atoms with Crippen LogP contribution in [0.3, 0.4) is 0 Å². The maximum absolute atomic E-state index is 12.9. The number of nitrogens with zero attached hydrogens (tertiary/aromatic N) is 2. The van der Waals surface area contributed by atoms with Crippen molar-refractivity contribution in [2.75, 3.05) is 24.2 Å². The van der Waals surface area contributed by atoms with E-state index in [1.807, 2.05) is 18.0 Å². The number of carbonyl (C=O) groups excluding carboxylic acids is 1. The van der Waals surface area contributed by atoms with Crippen molar-refractivity contribution in [3.63, 3.8) is 0 Å². The van der Waals surface area contributed by atoms with Gasteiger partial charge in [-0.3, -0.25) is 9.10 Å². The third-order valence-corrected chi connectivity index (χ3v) is 7.08. The molecular weight excluding hydrogens is 374 g/mol. The molecule has 2 bridgehead atoms. The third-order valence-electron chi connectivity index (χ3n) is 5.90. The number of anilines is 1. The first kappa shape index (κ1) is 19.5. The highest BCUT2D eigenvalue weighted by Crippen LogP contribution is 2.32. The number of sulfonamides is 1. The topological polar surface area (TPSA) is 69.7 Å². The number of rotatable bonds is 3. The van der Waals surface area contributed by atoms with Gasteiger partial charge in [-0.05, 0) is 55.9 Å². The Morgan fingerprint density at radius 1 is 1.23 bits per heavy atom. The minimum absolute atomic E-state index is 0. The highest BCUT2D eigenvalue weighted by molar-refractivity contribution is 7.92. The fraction of sp³-hybridized carbons (Fsp3) is 0.611. The van der Waals surface area contributed by atoms with Gasteiger partial charge in [0, 0.05) is 37.3 Å². The van der Waals surface area contributed by atoms with Crippen molar-refractivity contribution < 1.29 is 13.2 Å². The summed E-state index contributed by atoms with van der Waals surface area (Å²) in [6, 6.07) is 6.78. The van der Waals surface area contributed by atoms with Crippen LogP contribution in [0.2, 0.25) is 0 Å². The first-order valence-electron chi connectivity index (χ1n) is 8.97. The molecule has 4 rings (SSSR count). The predicted molar refractivity (Wildman–Crippen MR) is 105 cm³/mol. The lowest BCUT2D eigenvalue weighted by Crippen LogP contribution is -2.48. The number of amides is 1. The molecule has 2 atom stereocenters. The molecule has 1 N–H and O–H groups in total. The quantitative estimate of drug-likeness (QED) is 0.841. The number of nitrogens with one attached hydrogen (secondary N) is 1. The minimum Gasteiger partial charge on any atom is -0.339 e. The van der Waals surface area contributed by atoms with Gasteiger partial charge < -0.3 is 10.2 Å². The average molecular weight is 400 g/mol. The van der Waals surface area contributed by atoms with Gasteiger partial charge in [0.15, 0.2) is 0 Å². The first-order chi connectivity index (χ1) is 11.8. The Hall–Kier alpha value is -1.31. The Morgan fingerprint density at radius 2 is 1.88 bits per heavy atom. The molecule has 3 heterocycles. The van der Waals surface area contributed by atoms with Crippen LogP contribution in [-0.2, 0) is 16.4 Å². The summed E-state index contributed by atoms with van der Waals surface area (Å²) < 4.78 is 25.1. The molecule has 1 aromatic rings. The molecule has 1 aromatic carbocycles. The molecule has 0 radical (unpaired) electrons. The SMILES string of the molecule is CN(C(=O)c1ccc2c(c1)CCN2S(C)(=O)=O)C1CC2CCC(C1)N2.Cl. The number of hydrogen-bond donors (Lipinski definition) is 1. The molecule has 2 saturated heterocycles. The Labute approximate surface area is 161 Å². The summed E-state index contributed by atoms with van der Waals surface area (Å²) in [6.07, 6.45) is 6.34. The highest BCUT2D eigenvalue weighted by Gasteiger charge is 2.36. The van der Waals surface area contributed by atoms with Gasteiger partial charge in [-0.2, -0.15) is 0 Å². The maximum atomic E-state index is 12.9. The molecule has 3 aliphatic rings. The molecule has 1 amide bonds. The van der Waals surface area contributed by atoms with Crippen LogP contribution in [0.15, 0.2) is 18.2 Å². The van der Waals surface area contributed by atoms with Crippen LogP contribution in [-0.4, -0.2) is 57.2 Å². The number of fused-ring (bicyclic) bond motifs is 3. The molecule has 6 nitrogen and oxygen atoms in total. The summed E-state index contributed by atoms with van der Waals surface area (Å²) in [5.74, 6) is 0.0342. The Bertz CT molecular complexity index is 802. The van der Waals surface area contributed by atoms with Gasteiger partial charge in [0.05, 0.1) is 11.9 Å². The molecule has 8 heteroatoms. The van der Waals surface area contributed by atoms with E-state index in [0.717, 1.165) is 18.4 Å². The normalized spacial score (nSPS) is 27.0. The van der Waals surface area contributed by atoms with E-state index in [1.165, 1.54) is 23.4 Å². The number of carbonyl (C=O) groups is 1. The van der Waals surface area contributed by atoms with Crippen molar-refractivity contribution in [3.8, 4) is 0 Å². The van der Waals surface area contributed by atoms with E-state index in [-0.39, 0.29) is 24.4 Å². The monoisotopic (exact) mass is 399 g/mol. The van der Waals surface area contributed by atoms with Crippen LogP contribution in [0.25, 0.3) is 0 Å². The summed E-state index contributed by atoms with van der Waals surface area (Å²) in [4.78, 5) is 14.8. The van der Waals surface area contributed by atoms with Gasteiger partial charge in [0.2, 0.25) is 10.0 Å². The summed E-state index contributed by atoms with van der Waals surface area (Å²) in [5, 5.41) is 3.61. The molecule has 0 saturated carbocycles. The zero-order valence-electron chi connectivity index (χ0n) is 15.1. The second-order valence-electron chi connectivity index (χ2n) is 7.61. The number of benzene rings is 1. The third kappa shape index (κ3) is 3.44. The predicted octanol–water partition coefficient (Wildman–Crippen LogP) is 1.79. The lowest BCUT2D eigenvalue weighted by atomic mass is 9.97. The Morgan fingerprint density at radius 3 is 2.50 bits per heavy atom. The second-order valence-corrected chi connectivity index (χ2v) is 9.51. The number of halogens is 1. The molecule has 0 spiro atoms. The lowest BCUT2D eigenvalue weighted by molar-refractivity contribution is 0.0681. The Balaban J connectivity index is 0.00000196. The summed E-state index contributed by atoms with van der Waals surface area (Å²) in [6.45, 7) is 0.458. The van der Waals surface area contributed by atoms with Crippen LogP contribution in [0.5, 0.6) is 0 Å². The molecule has 144 valence electrons. The minimum atomic E-state index is -3.26. The zero-order valence-corrected chi connectivity index (χ0v) is 16.8. The zero-order chi connectivity index (χ0) is 17.8. The summed E-state index contributed by atoms with van der Waals surface area (Å²) in [5.41, 5.74) is 2.30. The molecule has 26 heavy (non-hydrogen) atoms. The maximum Gasteiger partial charge on any atom is 0.253 e. The van der Waals surface area contributed by atoms with Gasteiger partial charge in [-0.15, -0.1) is 12.4 Å². The molecule has 2 unspecified atom stereocenters. The van der Waals surface area contributed by atoms with Gasteiger partial charge in [-0.1, -0.05) is 0 Å². The summed E-state index contributed by atoms with van der Waals surface area (Å²) >= 11 is 0. The van der Waals surface area contributed by atoms with E-state index in [9.17, 15) is 13.2 Å². The van der Waals surface area contributed by atoms with Crippen LogP contribution >= 0.6 is 12.4 Å². The van der Waals surface area contributed by atoms with Crippen LogP contribution < -0.4 is 9.62 Å². The van der Waals surface area contributed by atoms with Crippen molar-refractivity contribution in [2.24, 2.45) is 0 Å². The standard InChI is InChI=1S/C18H25N3O3S.ClH/c1-20(16-10-14-4-5-15(11-16)19-14)18(22)13-3-6-17-12(9-13)7-8-21(17)25(2,23)24;/h3,6,9,14-16,19H,4-5,7-8,10-11H2,1-2H3;1H. The lowest BCUT2D eigenvalue weighted by Gasteiger charge is -2.35. The van der Waals surface area contributed by atoms with Crippen LogP contribution in [0.4, 0.5) is 5.69 Å². The highest BCUT2D eigenvalue weighted by atomic mass is 35.5. The molecular formula is C18H26ClN3O3S. The number of piperidine rings is 1. The van der Waals surface area contributed by atoms with Gasteiger partial charge in [-0.25, -0.2) is 8.42 Å². The summed E-state index contributed by atoms with van der Waals surface area (Å²) in [7, 11) is -1.36. The number of hydrogen-bond acceptors (Lipinski definition) is 4. The largest absolute Gasteiger partial charge is 0.339 e. The first-order valence-corrected chi connectivity index (χ1v) is 10.8. The van der Waals surface area contributed by atoms with E-state index in [4.69, 9.17) is 0 Å². The Kier molecular flexibility index (Phi) is 5.25. The van der Waals surface area contributed by atoms with Gasteiger partial charge in [0.1, 0.15) is 0 Å².